The van der Waals surface area contributed by atoms with Gasteiger partial charge in [-0.2, -0.15) is 0 Å². The van der Waals surface area contributed by atoms with Crippen molar-refractivity contribution in [1.29, 1.82) is 0 Å². The first-order valence-corrected chi connectivity index (χ1v) is 5.74. The number of hydrogen-bond acceptors (Lipinski definition) is 3. The summed E-state index contributed by atoms with van der Waals surface area (Å²) in [5.74, 6) is 0.292. The molecule has 0 saturated carbocycles. The Labute approximate surface area is 106 Å². The van der Waals surface area contributed by atoms with Crippen LogP contribution in [-0.4, -0.2) is 9.97 Å². The second-order valence-electron chi connectivity index (χ2n) is 3.31. The van der Waals surface area contributed by atoms with E-state index in [2.05, 4.69) is 37.9 Å². The third-order valence-corrected chi connectivity index (χ3v) is 2.59. The average Bonchev–Trinajstić information content (AvgIpc) is 2.27. The second kappa shape index (κ2) is 4.73. The Bertz CT molecular complexity index is 499. The fraction of sp³-hybridized carbons (Fsp3) is 0.0909. The molecular formula is C11H9FIN3. The van der Waals surface area contributed by atoms with E-state index < -0.39 is 0 Å². The first-order valence-electron chi connectivity index (χ1n) is 4.66. The van der Waals surface area contributed by atoms with Crippen molar-refractivity contribution >= 4 is 34.2 Å². The third-order valence-electron chi connectivity index (χ3n) is 2.03. The van der Waals surface area contributed by atoms with Crippen LogP contribution in [0.2, 0.25) is 0 Å². The van der Waals surface area contributed by atoms with E-state index >= 15 is 0 Å². The van der Waals surface area contributed by atoms with E-state index in [1.807, 2.05) is 0 Å². The predicted octanol–water partition coefficient (Wildman–Crippen LogP) is 3.27. The maximum absolute atomic E-state index is 13.0. The molecule has 0 spiro atoms. The molecule has 0 aliphatic heterocycles. The van der Waals surface area contributed by atoms with Crippen molar-refractivity contribution in [2.24, 2.45) is 0 Å². The summed E-state index contributed by atoms with van der Waals surface area (Å²) in [5.41, 5.74) is 1.37. The van der Waals surface area contributed by atoms with Crippen molar-refractivity contribution in [1.82, 2.24) is 9.97 Å². The van der Waals surface area contributed by atoms with Gasteiger partial charge in [0.25, 0.3) is 0 Å². The zero-order valence-corrected chi connectivity index (χ0v) is 10.7. The van der Waals surface area contributed by atoms with Gasteiger partial charge in [-0.3, -0.25) is 0 Å². The molecule has 2 rings (SSSR count). The summed E-state index contributed by atoms with van der Waals surface area (Å²) in [6.07, 6.45) is 3.43. The summed E-state index contributed by atoms with van der Waals surface area (Å²) < 4.78 is 14.0. The van der Waals surface area contributed by atoms with E-state index in [0.717, 1.165) is 9.26 Å². The maximum Gasteiger partial charge on any atom is 0.227 e. The van der Waals surface area contributed by atoms with Gasteiger partial charge in [-0.25, -0.2) is 14.4 Å². The molecule has 0 fully saturated rings. The molecule has 1 heterocycles. The summed E-state index contributed by atoms with van der Waals surface area (Å²) in [7, 11) is 0. The lowest BCUT2D eigenvalue weighted by Gasteiger charge is -2.05. The Morgan fingerprint density at radius 2 is 1.94 bits per heavy atom. The van der Waals surface area contributed by atoms with Gasteiger partial charge in [0.05, 0.1) is 0 Å². The molecule has 0 unspecified atom stereocenters. The smallest absolute Gasteiger partial charge is 0.227 e. The van der Waals surface area contributed by atoms with Crippen LogP contribution in [0.15, 0.2) is 30.6 Å². The van der Waals surface area contributed by atoms with Crippen LogP contribution in [0.5, 0.6) is 0 Å². The summed E-state index contributed by atoms with van der Waals surface area (Å²) in [5, 5.41) is 3.01. The van der Waals surface area contributed by atoms with Crippen molar-refractivity contribution in [3.05, 3.63) is 45.5 Å². The standard InChI is InChI=1S/C11H9FIN3/c1-7-4-9(2-3-10(7)12)16-11-14-5-8(13)6-15-11/h2-6H,1H3,(H,14,15,16). The number of rotatable bonds is 2. The number of benzene rings is 1. The average molecular weight is 329 g/mol. The van der Waals surface area contributed by atoms with Crippen molar-refractivity contribution in [3.8, 4) is 0 Å². The Balaban J connectivity index is 2.20. The molecule has 0 amide bonds. The molecule has 0 aliphatic carbocycles. The summed E-state index contributed by atoms with van der Waals surface area (Å²) in [6, 6.07) is 4.80. The van der Waals surface area contributed by atoms with E-state index in [-0.39, 0.29) is 5.82 Å². The summed E-state index contributed by atoms with van der Waals surface area (Å²) in [6.45, 7) is 1.72. The molecule has 0 bridgehead atoms. The van der Waals surface area contributed by atoms with E-state index in [1.165, 1.54) is 6.07 Å². The quantitative estimate of drug-likeness (QED) is 0.860. The Hall–Kier alpha value is -1.24. The lowest BCUT2D eigenvalue weighted by molar-refractivity contribution is 0.619. The van der Waals surface area contributed by atoms with Crippen LogP contribution < -0.4 is 5.32 Å². The van der Waals surface area contributed by atoms with Gasteiger partial charge in [-0.05, 0) is 53.3 Å². The van der Waals surface area contributed by atoms with Crippen molar-refractivity contribution < 1.29 is 4.39 Å². The van der Waals surface area contributed by atoms with E-state index in [0.29, 0.717) is 11.5 Å². The normalized spacial score (nSPS) is 10.2. The van der Waals surface area contributed by atoms with Crippen LogP contribution >= 0.6 is 22.6 Å². The van der Waals surface area contributed by atoms with E-state index in [4.69, 9.17) is 0 Å². The van der Waals surface area contributed by atoms with Crippen LogP contribution in [0.3, 0.4) is 0 Å². The molecule has 0 saturated heterocycles. The van der Waals surface area contributed by atoms with Gasteiger partial charge < -0.3 is 5.32 Å². The number of hydrogen-bond donors (Lipinski definition) is 1. The predicted molar refractivity (Wildman–Crippen MR) is 69.2 cm³/mol. The highest BCUT2D eigenvalue weighted by Gasteiger charge is 2.00. The highest BCUT2D eigenvalue weighted by molar-refractivity contribution is 14.1. The van der Waals surface area contributed by atoms with Crippen LogP contribution in [0.4, 0.5) is 16.0 Å². The molecular weight excluding hydrogens is 320 g/mol. The molecule has 3 nitrogen and oxygen atoms in total. The monoisotopic (exact) mass is 329 g/mol. The number of aromatic nitrogens is 2. The van der Waals surface area contributed by atoms with E-state index in [9.17, 15) is 4.39 Å². The van der Waals surface area contributed by atoms with Crippen LogP contribution in [-0.2, 0) is 0 Å². The van der Waals surface area contributed by atoms with Gasteiger partial charge in [0, 0.05) is 21.7 Å². The highest BCUT2D eigenvalue weighted by atomic mass is 127. The fourth-order valence-electron chi connectivity index (χ4n) is 1.23. The van der Waals surface area contributed by atoms with Gasteiger partial charge in [-0.15, -0.1) is 0 Å². The first-order chi connectivity index (χ1) is 7.65. The van der Waals surface area contributed by atoms with Crippen LogP contribution in [0.1, 0.15) is 5.56 Å². The Morgan fingerprint density at radius 1 is 1.25 bits per heavy atom. The van der Waals surface area contributed by atoms with E-state index in [1.54, 1.807) is 31.5 Å². The van der Waals surface area contributed by atoms with Gasteiger partial charge in [0.1, 0.15) is 5.82 Å². The number of aryl methyl sites for hydroxylation is 1. The SMILES string of the molecule is Cc1cc(Nc2ncc(I)cn2)ccc1F. The molecule has 82 valence electrons. The summed E-state index contributed by atoms with van der Waals surface area (Å²) >= 11 is 2.13. The van der Waals surface area contributed by atoms with Gasteiger partial charge in [-0.1, -0.05) is 0 Å². The maximum atomic E-state index is 13.0. The molecule has 2 aromatic rings. The summed E-state index contributed by atoms with van der Waals surface area (Å²) in [4.78, 5) is 8.20. The topological polar surface area (TPSA) is 37.8 Å². The largest absolute Gasteiger partial charge is 0.324 e. The lowest BCUT2D eigenvalue weighted by Crippen LogP contribution is -1.97. The number of nitrogens with one attached hydrogen (secondary N) is 1. The number of anilines is 2. The second-order valence-corrected chi connectivity index (χ2v) is 4.56. The fourth-order valence-corrected chi connectivity index (χ4v) is 1.51. The van der Waals surface area contributed by atoms with Crippen LogP contribution in [0.25, 0.3) is 0 Å². The molecule has 0 atom stereocenters. The first kappa shape index (κ1) is 11.3. The molecule has 0 radical (unpaired) electrons. The lowest BCUT2D eigenvalue weighted by atomic mass is 10.2. The third kappa shape index (κ3) is 2.66. The highest BCUT2D eigenvalue weighted by Crippen LogP contribution is 2.16. The zero-order valence-electron chi connectivity index (χ0n) is 8.54. The Kier molecular flexibility index (Phi) is 3.33. The van der Waals surface area contributed by atoms with Crippen molar-refractivity contribution in [2.75, 3.05) is 5.32 Å². The number of halogens is 2. The Morgan fingerprint density at radius 3 is 2.56 bits per heavy atom. The van der Waals surface area contributed by atoms with Gasteiger partial charge in [0.2, 0.25) is 5.95 Å². The zero-order chi connectivity index (χ0) is 11.5. The molecule has 1 aromatic carbocycles. The number of nitrogens with zero attached hydrogens (tertiary/aromatic N) is 2. The van der Waals surface area contributed by atoms with Gasteiger partial charge >= 0.3 is 0 Å². The molecule has 1 N–H and O–H groups in total. The van der Waals surface area contributed by atoms with Crippen LogP contribution in [0, 0.1) is 16.3 Å². The van der Waals surface area contributed by atoms with Gasteiger partial charge in [0.15, 0.2) is 0 Å². The minimum Gasteiger partial charge on any atom is -0.324 e. The molecule has 1 aromatic heterocycles. The molecule has 16 heavy (non-hydrogen) atoms. The minimum absolute atomic E-state index is 0.214. The minimum atomic E-state index is -0.214. The molecule has 0 aliphatic rings. The van der Waals surface area contributed by atoms with Crippen molar-refractivity contribution in [2.45, 2.75) is 6.92 Å². The van der Waals surface area contributed by atoms with Crippen molar-refractivity contribution in [3.63, 3.8) is 0 Å². The molecule has 5 heteroatoms.